The van der Waals surface area contributed by atoms with Crippen molar-refractivity contribution in [3.63, 3.8) is 0 Å². The molecule has 3 saturated heterocycles. The average Bonchev–Trinajstić information content (AvgIpc) is 2.61. The number of carboxylic acids is 1. The molecular formula is C15H26N2O2. The predicted octanol–water partition coefficient (Wildman–Crippen LogP) is 1.80. The first-order chi connectivity index (χ1) is 9.13. The molecule has 4 heteroatoms. The summed E-state index contributed by atoms with van der Waals surface area (Å²) in [4.78, 5) is 16.1. The first kappa shape index (κ1) is 13.4. The molecule has 0 saturated carbocycles. The number of piperidine rings is 2. The second-order valence-corrected chi connectivity index (χ2v) is 6.83. The van der Waals surface area contributed by atoms with Gasteiger partial charge >= 0.3 is 5.97 Å². The Morgan fingerprint density at radius 3 is 2.42 bits per heavy atom. The summed E-state index contributed by atoms with van der Waals surface area (Å²) in [6, 6.07) is 2.06. The maximum absolute atomic E-state index is 10.9. The van der Waals surface area contributed by atoms with E-state index >= 15 is 0 Å². The maximum atomic E-state index is 10.9. The van der Waals surface area contributed by atoms with E-state index in [0.29, 0.717) is 24.4 Å². The van der Waals surface area contributed by atoms with E-state index in [0.717, 1.165) is 18.9 Å². The Morgan fingerprint density at radius 1 is 1.16 bits per heavy atom. The summed E-state index contributed by atoms with van der Waals surface area (Å²) in [5.41, 5.74) is 0. The van der Waals surface area contributed by atoms with E-state index < -0.39 is 5.97 Å². The van der Waals surface area contributed by atoms with E-state index in [4.69, 9.17) is 5.11 Å². The zero-order valence-corrected chi connectivity index (χ0v) is 11.9. The van der Waals surface area contributed by atoms with Gasteiger partial charge in [-0.2, -0.15) is 0 Å². The molecular weight excluding hydrogens is 240 g/mol. The van der Waals surface area contributed by atoms with Crippen LogP contribution >= 0.6 is 0 Å². The molecule has 1 N–H and O–H groups in total. The quantitative estimate of drug-likeness (QED) is 0.846. The molecule has 2 bridgehead atoms. The molecule has 0 aromatic carbocycles. The molecule has 4 nitrogen and oxygen atoms in total. The number of aliphatic carboxylic acids is 1. The Hall–Kier alpha value is -0.610. The topological polar surface area (TPSA) is 43.8 Å². The van der Waals surface area contributed by atoms with E-state index in [9.17, 15) is 4.79 Å². The molecule has 0 aliphatic carbocycles. The minimum Gasteiger partial charge on any atom is -0.481 e. The summed E-state index contributed by atoms with van der Waals surface area (Å²) in [7, 11) is 2.23. The number of carboxylic acid groups (broad SMARTS) is 1. The van der Waals surface area contributed by atoms with E-state index in [1.54, 1.807) is 0 Å². The fourth-order valence-electron chi connectivity index (χ4n) is 4.72. The van der Waals surface area contributed by atoms with E-state index in [-0.39, 0.29) is 0 Å². The van der Waals surface area contributed by atoms with Crippen LogP contribution in [0, 0.1) is 5.92 Å². The summed E-state index contributed by atoms with van der Waals surface area (Å²) in [5.74, 6) is -0.192. The lowest BCUT2D eigenvalue weighted by Gasteiger charge is -2.46. The Kier molecular flexibility index (Phi) is 3.81. The zero-order valence-electron chi connectivity index (χ0n) is 11.9. The van der Waals surface area contributed by atoms with Gasteiger partial charge in [0.25, 0.3) is 0 Å². The summed E-state index contributed by atoms with van der Waals surface area (Å²) >= 11 is 0. The van der Waals surface area contributed by atoms with Crippen molar-refractivity contribution in [2.45, 2.75) is 63.1 Å². The van der Waals surface area contributed by atoms with Gasteiger partial charge in [0.15, 0.2) is 0 Å². The highest BCUT2D eigenvalue weighted by Gasteiger charge is 2.44. The van der Waals surface area contributed by atoms with Crippen LogP contribution in [0.2, 0.25) is 0 Å². The second-order valence-electron chi connectivity index (χ2n) is 6.83. The Morgan fingerprint density at radius 2 is 1.84 bits per heavy atom. The predicted molar refractivity (Wildman–Crippen MR) is 74.1 cm³/mol. The fourth-order valence-corrected chi connectivity index (χ4v) is 4.72. The fraction of sp³-hybridized carbons (Fsp3) is 0.933. The molecule has 3 aliphatic rings. The minimum absolute atomic E-state index is 0.380. The van der Waals surface area contributed by atoms with Crippen LogP contribution in [0.3, 0.4) is 0 Å². The zero-order chi connectivity index (χ0) is 13.4. The van der Waals surface area contributed by atoms with Crippen LogP contribution in [0.5, 0.6) is 0 Å². The standard InChI is InChI=1S/C15H26N2O2/c1-16-6-2-3-14(10-16)17-12-4-5-13(17)8-11(7-12)9-15(18)19/h11-14H,2-10H2,1H3,(H,18,19). The van der Waals surface area contributed by atoms with E-state index in [1.807, 2.05) is 0 Å². The van der Waals surface area contributed by atoms with Crippen LogP contribution in [0.4, 0.5) is 0 Å². The normalized spacial score (nSPS) is 40.5. The van der Waals surface area contributed by atoms with Crippen molar-refractivity contribution in [2.75, 3.05) is 20.1 Å². The van der Waals surface area contributed by atoms with Gasteiger partial charge in [0.05, 0.1) is 0 Å². The van der Waals surface area contributed by atoms with Gasteiger partial charge in [-0.3, -0.25) is 9.69 Å². The number of likely N-dealkylation sites (N-methyl/N-ethyl adjacent to an activating group) is 1. The second kappa shape index (κ2) is 5.41. The molecule has 19 heavy (non-hydrogen) atoms. The van der Waals surface area contributed by atoms with Gasteiger partial charge in [-0.1, -0.05) is 0 Å². The first-order valence-electron chi connectivity index (χ1n) is 7.81. The van der Waals surface area contributed by atoms with Crippen molar-refractivity contribution in [2.24, 2.45) is 5.92 Å². The molecule has 0 amide bonds. The van der Waals surface area contributed by atoms with Crippen molar-refractivity contribution >= 4 is 5.97 Å². The summed E-state index contributed by atoms with van der Waals surface area (Å²) < 4.78 is 0. The van der Waals surface area contributed by atoms with Crippen molar-refractivity contribution in [1.29, 1.82) is 0 Å². The highest BCUT2D eigenvalue weighted by molar-refractivity contribution is 5.67. The molecule has 3 heterocycles. The van der Waals surface area contributed by atoms with Crippen molar-refractivity contribution < 1.29 is 9.90 Å². The molecule has 0 aromatic heterocycles. The number of hydrogen-bond donors (Lipinski definition) is 1. The molecule has 3 fully saturated rings. The molecule has 108 valence electrons. The molecule has 3 atom stereocenters. The lowest BCUT2D eigenvalue weighted by atomic mass is 9.86. The maximum Gasteiger partial charge on any atom is 0.303 e. The van der Waals surface area contributed by atoms with E-state index in [1.165, 1.54) is 38.8 Å². The van der Waals surface area contributed by atoms with Crippen LogP contribution in [0.15, 0.2) is 0 Å². The Balaban J connectivity index is 1.64. The van der Waals surface area contributed by atoms with Gasteiger partial charge in [0, 0.05) is 31.1 Å². The van der Waals surface area contributed by atoms with Gasteiger partial charge in [-0.15, -0.1) is 0 Å². The van der Waals surface area contributed by atoms with Gasteiger partial charge in [0.2, 0.25) is 0 Å². The SMILES string of the molecule is CN1CCCC(N2C3CCC2CC(CC(=O)O)C3)C1. The van der Waals surface area contributed by atoms with Crippen LogP contribution in [0.1, 0.15) is 44.9 Å². The van der Waals surface area contributed by atoms with Crippen molar-refractivity contribution in [3.05, 3.63) is 0 Å². The summed E-state index contributed by atoms with van der Waals surface area (Å²) in [5, 5.41) is 8.99. The number of nitrogens with zero attached hydrogens (tertiary/aromatic N) is 2. The summed E-state index contributed by atoms with van der Waals surface area (Å²) in [6.07, 6.45) is 7.84. The highest BCUT2D eigenvalue weighted by Crippen LogP contribution is 2.42. The van der Waals surface area contributed by atoms with Gasteiger partial charge in [-0.05, 0) is 58.0 Å². The van der Waals surface area contributed by atoms with Crippen LogP contribution in [-0.4, -0.2) is 59.1 Å². The van der Waals surface area contributed by atoms with Gasteiger partial charge < -0.3 is 10.0 Å². The third kappa shape index (κ3) is 2.79. The third-order valence-electron chi connectivity index (χ3n) is 5.37. The molecule has 0 aromatic rings. The number of likely N-dealkylation sites (tertiary alicyclic amines) is 1. The molecule has 3 aliphatic heterocycles. The van der Waals surface area contributed by atoms with Crippen LogP contribution in [-0.2, 0) is 4.79 Å². The molecule has 3 unspecified atom stereocenters. The minimum atomic E-state index is -0.616. The van der Waals surface area contributed by atoms with Gasteiger partial charge in [0.1, 0.15) is 0 Å². The summed E-state index contributed by atoms with van der Waals surface area (Å²) in [6.45, 7) is 2.44. The van der Waals surface area contributed by atoms with Gasteiger partial charge in [-0.25, -0.2) is 0 Å². The number of fused-ring (bicyclic) bond motifs is 2. The largest absolute Gasteiger partial charge is 0.481 e. The van der Waals surface area contributed by atoms with E-state index in [2.05, 4.69) is 16.8 Å². The average molecular weight is 266 g/mol. The van der Waals surface area contributed by atoms with Crippen LogP contribution in [0.25, 0.3) is 0 Å². The monoisotopic (exact) mass is 266 g/mol. The van der Waals surface area contributed by atoms with Crippen molar-refractivity contribution in [3.8, 4) is 0 Å². The lowest BCUT2D eigenvalue weighted by molar-refractivity contribution is -0.138. The Bertz CT molecular complexity index is 333. The number of hydrogen-bond acceptors (Lipinski definition) is 3. The van der Waals surface area contributed by atoms with Crippen molar-refractivity contribution in [1.82, 2.24) is 9.80 Å². The first-order valence-corrected chi connectivity index (χ1v) is 7.81. The lowest BCUT2D eigenvalue weighted by Crippen LogP contribution is -2.54. The molecule has 0 radical (unpaired) electrons. The molecule has 0 spiro atoms. The Labute approximate surface area is 115 Å². The molecule has 3 rings (SSSR count). The third-order valence-corrected chi connectivity index (χ3v) is 5.37. The highest BCUT2D eigenvalue weighted by atomic mass is 16.4. The van der Waals surface area contributed by atoms with Crippen LogP contribution < -0.4 is 0 Å². The smallest absolute Gasteiger partial charge is 0.303 e. The number of rotatable bonds is 3. The number of carbonyl (C=O) groups is 1.